The van der Waals surface area contributed by atoms with Gasteiger partial charge in [-0.3, -0.25) is 14.5 Å². The number of fused-ring (bicyclic) bond motifs is 1. The van der Waals surface area contributed by atoms with Crippen LogP contribution in [0.2, 0.25) is 0 Å². The van der Waals surface area contributed by atoms with Crippen LogP contribution >= 0.6 is 0 Å². The molecule has 1 N–H and O–H groups in total. The van der Waals surface area contributed by atoms with Crippen molar-refractivity contribution < 1.29 is 24.2 Å². The summed E-state index contributed by atoms with van der Waals surface area (Å²) < 4.78 is 4.56. The summed E-state index contributed by atoms with van der Waals surface area (Å²) >= 11 is 0. The van der Waals surface area contributed by atoms with Gasteiger partial charge in [-0.15, -0.1) is 0 Å². The van der Waals surface area contributed by atoms with Crippen molar-refractivity contribution in [3.63, 3.8) is 0 Å². The zero-order chi connectivity index (χ0) is 14.5. The van der Waals surface area contributed by atoms with E-state index in [4.69, 9.17) is 0 Å². The van der Waals surface area contributed by atoms with Crippen LogP contribution in [0.3, 0.4) is 0 Å². The average molecular weight is 275 g/mol. The number of carbonyl (C=O) groups is 3. The Hall–Kier alpha value is -2.21. The van der Waals surface area contributed by atoms with Gasteiger partial charge in [-0.25, -0.2) is 4.79 Å². The van der Waals surface area contributed by atoms with E-state index >= 15 is 0 Å². The van der Waals surface area contributed by atoms with Crippen molar-refractivity contribution in [2.75, 3.05) is 7.11 Å². The highest BCUT2D eigenvalue weighted by Crippen LogP contribution is 2.40. The van der Waals surface area contributed by atoms with Crippen molar-refractivity contribution >= 4 is 17.8 Å². The zero-order valence-electron chi connectivity index (χ0n) is 10.8. The van der Waals surface area contributed by atoms with Crippen LogP contribution in [0, 0.1) is 0 Å². The van der Waals surface area contributed by atoms with Crippen molar-refractivity contribution in [3.8, 4) is 0 Å². The summed E-state index contributed by atoms with van der Waals surface area (Å²) in [6.45, 7) is 0. The van der Waals surface area contributed by atoms with E-state index in [2.05, 4.69) is 4.74 Å². The topological polar surface area (TPSA) is 83.9 Å². The Kier molecular flexibility index (Phi) is 2.65. The van der Waals surface area contributed by atoms with E-state index in [0.29, 0.717) is 17.5 Å². The number of imide groups is 1. The molecule has 1 aromatic rings. The molecule has 2 unspecified atom stereocenters. The minimum Gasteiger partial charge on any atom is -0.467 e. The first kappa shape index (κ1) is 12.8. The Bertz CT molecular complexity index is 591. The molecule has 0 bridgehead atoms. The predicted octanol–water partition coefficient (Wildman–Crippen LogP) is 0.349. The molecule has 20 heavy (non-hydrogen) atoms. The lowest BCUT2D eigenvalue weighted by atomic mass is 9.73. The lowest BCUT2D eigenvalue weighted by Gasteiger charge is -2.46. The molecule has 0 saturated heterocycles. The fourth-order valence-corrected chi connectivity index (χ4v) is 2.80. The van der Waals surface area contributed by atoms with E-state index in [1.54, 1.807) is 24.3 Å². The molecule has 0 aromatic heterocycles. The second kappa shape index (κ2) is 4.14. The van der Waals surface area contributed by atoms with Crippen LogP contribution in [0.25, 0.3) is 0 Å². The Labute approximate surface area is 114 Å². The van der Waals surface area contributed by atoms with E-state index in [9.17, 15) is 19.5 Å². The van der Waals surface area contributed by atoms with Crippen molar-refractivity contribution in [1.29, 1.82) is 0 Å². The van der Waals surface area contributed by atoms with Crippen molar-refractivity contribution in [3.05, 3.63) is 35.4 Å². The third-order valence-electron chi connectivity index (χ3n) is 4.03. The van der Waals surface area contributed by atoms with Gasteiger partial charge < -0.3 is 9.84 Å². The molecule has 1 aliphatic carbocycles. The number of hydrogen-bond acceptors (Lipinski definition) is 5. The second-order valence-electron chi connectivity index (χ2n) is 5.00. The minimum atomic E-state index is -1.79. The summed E-state index contributed by atoms with van der Waals surface area (Å²) in [5.41, 5.74) is -1.18. The number of rotatable bonds is 2. The fourth-order valence-electron chi connectivity index (χ4n) is 2.80. The van der Waals surface area contributed by atoms with Gasteiger partial charge in [-0.05, 0) is 25.0 Å². The quantitative estimate of drug-likeness (QED) is 0.622. The van der Waals surface area contributed by atoms with Gasteiger partial charge in [0.2, 0.25) is 0 Å². The SMILES string of the molecule is COC(=O)C1(O)CCC1N1C(=O)c2ccccc2C1=O. The Morgan fingerprint density at radius 3 is 2.25 bits per heavy atom. The predicted molar refractivity (Wildman–Crippen MR) is 66.9 cm³/mol. The van der Waals surface area contributed by atoms with Crippen LogP contribution in [-0.4, -0.2) is 46.5 Å². The first-order valence-electron chi connectivity index (χ1n) is 6.28. The highest BCUT2D eigenvalue weighted by molar-refractivity contribution is 6.21. The summed E-state index contributed by atoms with van der Waals surface area (Å²) in [4.78, 5) is 37.2. The molecule has 0 radical (unpaired) electrons. The number of nitrogens with zero attached hydrogens (tertiary/aromatic N) is 1. The maximum absolute atomic E-state index is 12.3. The summed E-state index contributed by atoms with van der Waals surface area (Å²) in [6.07, 6.45) is 0.564. The lowest BCUT2D eigenvalue weighted by Crippen LogP contribution is -2.66. The summed E-state index contributed by atoms with van der Waals surface area (Å²) in [6, 6.07) is 5.60. The molecule has 104 valence electrons. The first-order chi connectivity index (χ1) is 9.50. The number of carbonyl (C=O) groups excluding carboxylic acids is 3. The van der Waals surface area contributed by atoms with Crippen LogP contribution in [0.1, 0.15) is 33.6 Å². The van der Waals surface area contributed by atoms with Gasteiger partial charge in [0.25, 0.3) is 11.8 Å². The van der Waals surface area contributed by atoms with Crippen LogP contribution in [0.4, 0.5) is 0 Å². The standard InChI is InChI=1S/C14H13NO5/c1-20-13(18)14(19)7-6-10(14)15-11(16)8-4-2-3-5-9(8)12(15)17/h2-5,10,19H,6-7H2,1H3. The summed E-state index contributed by atoms with van der Waals surface area (Å²) in [7, 11) is 1.16. The van der Waals surface area contributed by atoms with E-state index in [1.807, 2.05) is 0 Å². The minimum absolute atomic E-state index is 0.178. The van der Waals surface area contributed by atoms with Crippen molar-refractivity contribution in [2.24, 2.45) is 0 Å². The molecule has 1 aromatic carbocycles. The third kappa shape index (κ3) is 1.45. The largest absolute Gasteiger partial charge is 0.467 e. The smallest absolute Gasteiger partial charge is 0.340 e. The number of hydrogen-bond donors (Lipinski definition) is 1. The molecule has 3 rings (SSSR count). The van der Waals surface area contributed by atoms with Gasteiger partial charge in [0.1, 0.15) is 0 Å². The molecule has 6 heteroatoms. The van der Waals surface area contributed by atoms with E-state index in [0.717, 1.165) is 12.0 Å². The molecule has 1 heterocycles. The summed E-state index contributed by atoms with van der Waals surface area (Å²) in [5, 5.41) is 10.3. The van der Waals surface area contributed by atoms with Crippen molar-refractivity contribution in [2.45, 2.75) is 24.5 Å². The third-order valence-corrected chi connectivity index (χ3v) is 4.03. The molecule has 1 saturated carbocycles. The zero-order valence-corrected chi connectivity index (χ0v) is 10.8. The van der Waals surface area contributed by atoms with Crippen LogP contribution in [0.15, 0.2) is 24.3 Å². The Balaban J connectivity index is 1.96. The molecular weight excluding hydrogens is 262 g/mol. The van der Waals surface area contributed by atoms with Gasteiger partial charge >= 0.3 is 5.97 Å². The number of esters is 1. The van der Waals surface area contributed by atoms with Gasteiger partial charge in [0.15, 0.2) is 5.60 Å². The molecular formula is C14H13NO5. The normalized spacial score (nSPS) is 28.1. The molecule has 1 aliphatic heterocycles. The van der Waals surface area contributed by atoms with Crippen LogP contribution < -0.4 is 0 Å². The molecule has 1 fully saturated rings. The second-order valence-corrected chi connectivity index (χ2v) is 5.00. The lowest BCUT2D eigenvalue weighted by molar-refractivity contribution is -0.181. The highest BCUT2D eigenvalue weighted by atomic mass is 16.5. The maximum Gasteiger partial charge on any atom is 0.340 e. The van der Waals surface area contributed by atoms with Gasteiger partial charge in [0, 0.05) is 0 Å². The van der Waals surface area contributed by atoms with Crippen LogP contribution in [0.5, 0.6) is 0 Å². The molecule has 2 amide bonds. The number of methoxy groups -OCH3 is 1. The van der Waals surface area contributed by atoms with Gasteiger partial charge in [-0.2, -0.15) is 0 Å². The number of amides is 2. The van der Waals surface area contributed by atoms with E-state index < -0.39 is 29.4 Å². The fraction of sp³-hybridized carbons (Fsp3) is 0.357. The monoisotopic (exact) mass is 275 g/mol. The Morgan fingerprint density at radius 2 is 1.85 bits per heavy atom. The van der Waals surface area contributed by atoms with Crippen LogP contribution in [-0.2, 0) is 9.53 Å². The maximum atomic E-state index is 12.3. The number of benzene rings is 1. The first-order valence-corrected chi connectivity index (χ1v) is 6.28. The molecule has 2 aliphatic rings. The number of aliphatic hydroxyl groups is 1. The van der Waals surface area contributed by atoms with Crippen molar-refractivity contribution in [1.82, 2.24) is 4.90 Å². The molecule has 6 nitrogen and oxygen atoms in total. The summed E-state index contributed by atoms with van der Waals surface area (Å²) in [5.74, 6) is -1.76. The Morgan fingerprint density at radius 1 is 1.30 bits per heavy atom. The van der Waals surface area contributed by atoms with Gasteiger partial charge in [-0.1, -0.05) is 12.1 Å². The van der Waals surface area contributed by atoms with E-state index in [-0.39, 0.29) is 6.42 Å². The molecule has 2 atom stereocenters. The van der Waals surface area contributed by atoms with Gasteiger partial charge in [0.05, 0.1) is 24.3 Å². The average Bonchev–Trinajstić information content (AvgIpc) is 2.70. The number of ether oxygens (including phenoxy) is 1. The molecule has 0 spiro atoms. The van der Waals surface area contributed by atoms with E-state index in [1.165, 1.54) is 0 Å². The highest BCUT2D eigenvalue weighted by Gasteiger charge is 2.59.